The Kier molecular flexibility index (Phi) is 6.08. The van der Waals surface area contributed by atoms with Gasteiger partial charge in [0.15, 0.2) is 23.4 Å². The molecule has 9 heteroatoms. The van der Waals surface area contributed by atoms with Crippen molar-refractivity contribution in [3.63, 3.8) is 0 Å². The maximum Gasteiger partial charge on any atom is 0.262 e. The van der Waals surface area contributed by atoms with Crippen molar-refractivity contribution in [1.82, 2.24) is 14.8 Å². The number of fused-ring (bicyclic) bond motifs is 1. The van der Waals surface area contributed by atoms with E-state index < -0.39 is 0 Å². The van der Waals surface area contributed by atoms with Crippen molar-refractivity contribution in [2.24, 2.45) is 0 Å². The summed E-state index contributed by atoms with van der Waals surface area (Å²) in [4.78, 5) is 24.5. The second-order valence-electron chi connectivity index (χ2n) is 7.74. The molecule has 1 aliphatic heterocycles. The molecule has 34 heavy (non-hydrogen) atoms. The molecule has 0 fully saturated rings. The van der Waals surface area contributed by atoms with Gasteiger partial charge in [0.2, 0.25) is 0 Å². The van der Waals surface area contributed by atoms with Gasteiger partial charge in [0.25, 0.3) is 5.91 Å². The Morgan fingerprint density at radius 2 is 1.85 bits per heavy atom. The molecule has 1 amide bonds. The molecule has 0 atom stereocenters. The summed E-state index contributed by atoms with van der Waals surface area (Å²) in [5.41, 5.74) is 3.87. The number of hydrogen-bond acceptors (Lipinski definition) is 6. The van der Waals surface area contributed by atoms with E-state index in [1.54, 1.807) is 30.3 Å². The Balaban J connectivity index is 1.43. The van der Waals surface area contributed by atoms with E-state index in [1.807, 2.05) is 47.9 Å². The van der Waals surface area contributed by atoms with Crippen LogP contribution in [0.3, 0.4) is 0 Å². The number of benzene rings is 3. The van der Waals surface area contributed by atoms with Gasteiger partial charge in [0.1, 0.15) is 5.75 Å². The van der Waals surface area contributed by atoms with E-state index in [0.29, 0.717) is 33.0 Å². The number of hydrogen-bond donors (Lipinski definition) is 1. The maximum absolute atomic E-state index is 12.9. The van der Waals surface area contributed by atoms with Crippen molar-refractivity contribution in [2.45, 2.75) is 12.1 Å². The number of ketones is 1. The summed E-state index contributed by atoms with van der Waals surface area (Å²) in [6, 6.07) is 20.4. The molecule has 3 aromatic carbocycles. The molecule has 5 rings (SSSR count). The first-order valence-electron chi connectivity index (χ1n) is 10.5. The first-order chi connectivity index (χ1) is 16.5. The normalized spacial score (nSPS) is 12.6. The van der Waals surface area contributed by atoms with E-state index >= 15 is 0 Å². The molecule has 0 radical (unpaired) electrons. The van der Waals surface area contributed by atoms with Gasteiger partial charge in [-0.2, -0.15) is 0 Å². The number of nitrogens with zero attached hydrogens (tertiary/aromatic N) is 3. The minimum Gasteiger partial charge on any atom is -0.482 e. The molecule has 0 saturated heterocycles. The number of aromatic nitrogens is 3. The Labute approximate surface area is 205 Å². The summed E-state index contributed by atoms with van der Waals surface area (Å²) in [7, 11) is 0. The van der Waals surface area contributed by atoms with Gasteiger partial charge < -0.3 is 10.1 Å². The van der Waals surface area contributed by atoms with Crippen LogP contribution >= 0.6 is 23.4 Å². The zero-order valence-electron chi connectivity index (χ0n) is 18.1. The van der Waals surface area contributed by atoms with Crippen LogP contribution in [0.4, 0.5) is 5.69 Å². The molecule has 0 saturated carbocycles. The summed E-state index contributed by atoms with van der Waals surface area (Å²) < 4.78 is 7.30. The topological polar surface area (TPSA) is 86.1 Å². The number of anilines is 1. The minimum atomic E-state index is -0.243. The van der Waals surface area contributed by atoms with E-state index in [4.69, 9.17) is 16.3 Å². The molecule has 170 valence electrons. The molecule has 1 aromatic heterocycles. The first-order valence-corrected chi connectivity index (χ1v) is 11.9. The van der Waals surface area contributed by atoms with Crippen LogP contribution in [0.15, 0.2) is 71.9 Å². The molecular formula is C25H19ClN4O3S. The highest BCUT2D eigenvalue weighted by atomic mass is 35.5. The third-order valence-corrected chi connectivity index (χ3v) is 6.48. The number of halogens is 1. The summed E-state index contributed by atoms with van der Waals surface area (Å²) in [6.45, 7) is 2.00. The van der Waals surface area contributed by atoms with E-state index in [0.717, 1.165) is 16.8 Å². The highest BCUT2D eigenvalue weighted by molar-refractivity contribution is 7.99. The van der Waals surface area contributed by atoms with Crippen molar-refractivity contribution in [2.75, 3.05) is 17.7 Å². The van der Waals surface area contributed by atoms with Gasteiger partial charge >= 0.3 is 0 Å². The third kappa shape index (κ3) is 4.55. The summed E-state index contributed by atoms with van der Waals surface area (Å²) >= 11 is 7.36. The molecule has 0 unspecified atom stereocenters. The average molecular weight is 491 g/mol. The predicted octanol–water partition coefficient (Wildman–Crippen LogP) is 5.20. The van der Waals surface area contributed by atoms with Crippen molar-refractivity contribution < 1.29 is 14.3 Å². The number of amides is 1. The fraction of sp³-hybridized carbons (Fsp3) is 0.120. The van der Waals surface area contributed by atoms with Crippen LogP contribution in [0.5, 0.6) is 5.75 Å². The molecule has 0 bridgehead atoms. The highest BCUT2D eigenvalue weighted by Crippen LogP contribution is 2.31. The van der Waals surface area contributed by atoms with E-state index in [2.05, 4.69) is 15.5 Å². The van der Waals surface area contributed by atoms with Crippen molar-refractivity contribution in [3.8, 4) is 22.8 Å². The standard InChI is InChI=1S/C25H19ClN4O3S/c1-15-2-9-19(10-3-15)30-24(16-4-7-18(26)8-5-16)28-29-25(30)34-14-21(31)17-6-11-22-20(12-17)27-23(32)13-33-22/h2-12H,13-14H2,1H3,(H,27,32). The predicted molar refractivity (Wildman–Crippen MR) is 132 cm³/mol. The van der Waals surface area contributed by atoms with Gasteiger partial charge in [-0.05, 0) is 61.5 Å². The molecule has 0 spiro atoms. The smallest absolute Gasteiger partial charge is 0.262 e. The quantitative estimate of drug-likeness (QED) is 0.295. The van der Waals surface area contributed by atoms with Gasteiger partial charge in [-0.3, -0.25) is 14.2 Å². The van der Waals surface area contributed by atoms with Crippen LogP contribution in [0, 0.1) is 6.92 Å². The second kappa shape index (κ2) is 9.32. The molecular weight excluding hydrogens is 472 g/mol. The van der Waals surface area contributed by atoms with Gasteiger partial charge in [0.05, 0.1) is 11.4 Å². The first kappa shape index (κ1) is 22.2. The lowest BCUT2D eigenvalue weighted by Gasteiger charge is -2.18. The van der Waals surface area contributed by atoms with Crippen molar-refractivity contribution >= 4 is 40.7 Å². The van der Waals surface area contributed by atoms with E-state index in [9.17, 15) is 9.59 Å². The van der Waals surface area contributed by atoms with Gasteiger partial charge in [-0.15, -0.1) is 10.2 Å². The number of ether oxygens (including phenoxy) is 1. The number of thioether (sulfide) groups is 1. The number of aryl methyl sites for hydroxylation is 1. The van der Waals surface area contributed by atoms with Crippen LogP contribution in [-0.4, -0.2) is 38.8 Å². The summed E-state index contributed by atoms with van der Waals surface area (Å²) in [6.07, 6.45) is 0. The molecule has 0 aliphatic carbocycles. The summed E-state index contributed by atoms with van der Waals surface area (Å²) in [5, 5.41) is 12.7. The van der Waals surface area contributed by atoms with Gasteiger partial charge in [0, 0.05) is 21.8 Å². The van der Waals surface area contributed by atoms with Crippen LogP contribution in [0.2, 0.25) is 5.02 Å². The molecule has 1 N–H and O–H groups in total. The lowest BCUT2D eigenvalue weighted by molar-refractivity contribution is -0.118. The van der Waals surface area contributed by atoms with Crippen LogP contribution in [0.25, 0.3) is 17.1 Å². The largest absolute Gasteiger partial charge is 0.482 e. The van der Waals surface area contributed by atoms with E-state index in [-0.39, 0.29) is 24.1 Å². The van der Waals surface area contributed by atoms with Gasteiger partial charge in [-0.25, -0.2) is 0 Å². The minimum absolute atomic E-state index is 0.0270. The zero-order chi connectivity index (χ0) is 23.7. The Hall–Kier alpha value is -3.62. The van der Waals surface area contributed by atoms with Crippen LogP contribution < -0.4 is 10.1 Å². The fourth-order valence-corrected chi connectivity index (χ4v) is 4.52. The number of rotatable bonds is 6. The molecule has 7 nitrogen and oxygen atoms in total. The van der Waals surface area contributed by atoms with E-state index in [1.165, 1.54) is 11.8 Å². The van der Waals surface area contributed by atoms with Crippen molar-refractivity contribution in [1.29, 1.82) is 0 Å². The Morgan fingerprint density at radius 1 is 1.09 bits per heavy atom. The fourth-order valence-electron chi connectivity index (χ4n) is 3.55. The lowest BCUT2D eigenvalue weighted by atomic mass is 10.1. The Morgan fingerprint density at radius 3 is 2.62 bits per heavy atom. The maximum atomic E-state index is 12.9. The zero-order valence-corrected chi connectivity index (χ0v) is 19.7. The lowest BCUT2D eigenvalue weighted by Crippen LogP contribution is -2.25. The van der Waals surface area contributed by atoms with Gasteiger partial charge in [-0.1, -0.05) is 41.1 Å². The SMILES string of the molecule is Cc1ccc(-n2c(SCC(=O)c3ccc4c(c3)NC(=O)CO4)nnc2-c2ccc(Cl)cc2)cc1. The highest BCUT2D eigenvalue weighted by Gasteiger charge is 2.20. The Bertz CT molecular complexity index is 1380. The number of carbonyl (C=O) groups excluding carboxylic acids is 2. The van der Waals surface area contributed by atoms with Crippen molar-refractivity contribution in [3.05, 3.63) is 82.9 Å². The molecule has 2 heterocycles. The third-order valence-electron chi connectivity index (χ3n) is 5.29. The average Bonchev–Trinajstić information content (AvgIpc) is 3.27. The van der Waals surface area contributed by atoms with Crippen LogP contribution in [-0.2, 0) is 4.79 Å². The summed E-state index contributed by atoms with van der Waals surface area (Å²) in [5.74, 6) is 1.02. The monoisotopic (exact) mass is 490 g/mol. The molecule has 4 aromatic rings. The number of carbonyl (C=O) groups is 2. The van der Waals surface area contributed by atoms with Crippen LogP contribution in [0.1, 0.15) is 15.9 Å². The number of Topliss-reactive ketones (excluding diaryl/α,β-unsaturated/α-hetero) is 1. The second-order valence-corrected chi connectivity index (χ2v) is 9.12. The number of nitrogens with one attached hydrogen (secondary N) is 1. The molecule has 1 aliphatic rings.